The zero-order chi connectivity index (χ0) is 17.4. The van der Waals surface area contributed by atoms with Gasteiger partial charge in [0, 0.05) is 12.2 Å². The lowest BCUT2D eigenvalue weighted by Crippen LogP contribution is -2.25. The summed E-state index contributed by atoms with van der Waals surface area (Å²) in [4.78, 5) is 16.2. The van der Waals surface area contributed by atoms with Crippen LogP contribution in [0.25, 0.3) is 0 Å². The van der Waals surface area contributed by atoms with Crippen LogP contribution in [0.5, 0.6) is 0 Å². The third-order valence-electron chi connectivity index (χ3n) is 3.93. The average Bonchev–Trinajstić information content (AvgIpc) is 2.59. The van der Waals surface area contributed by atoms with Crippen molar-refractivity contribution in [3.63, 3.8) is 0 Å². The normalized spacial score (nSPS) is 10.7. The van der Waals surface area contributed by atoms with Crippen molar-refractivity contribution in [3.8, 4) is 0 Å². The molecular formula is C20H27N3O. The molecule has 2 N–H and O–H groups in total. The van der Waals surface area contributed by atoms with E-state index in [-0.39, 0.29) is 5.91 Å². The lowest BCUT2D eigenvalue weighted by molar-refractivity contribution is 0.0948. The van der Waals surface area contributed by atoms with Crippen LogP contribution in [0.3, 0.4) is 0 Å². The summed E-state index contributed by atoms with van der Waals surface area (Å²) in [6, 6.07) is 12.0. The van der Waals surface area contributed by atoms with Gasteiger partial charge in [0.25, 0.3) is 5.91 Å². The van der Waals surface area contributed by atoms with Crippen molar-refractivity contribution in [2.75, 3.05) is 11.9 Å². The van der Waals surface area contributed by atoms with Gasteiger partial charge >= 0.3 is 0 Å². The van der Waals surface area contributed by atoms with Crippen molar-refractivity contribution in [3.05, 3.63) is 53.9 Å². The van der Waals surface area contributed by atoms with E-state index < -0.39 is 0 Å². The van der Waals surface area contributed by atoms with Crippen molar-refractivity contribution < 1.29 is 4.79 Å². The molecule has 0 unspecified atom stereocenters. The molecule has 0 aliphatic carbocycles. The van der Waals surface area contributed by atoms with E-state index in [2.05, 4.69) is 60.7 Å². The molecule has 1 heterocycles. The summed E-state index contributed by atoms with van der Waals surface area (Å²) in [5, 5.41) is 6.20. The van der Waals surface area contributed by atoms with E-state index in [9.17, 15) is 4.79 Å². The summed E-state index contributed by atoms with van der Waals surface area (Å²) in [5.74, 6) is 0.412. The zero-order valence-corrected chi connectivity index (χ0v) is 14.8. The monoisotopic (exact) mass is 325 g/mol. The maximum Gasteiger partial charge on any atom is 0.269 e. The third kappa shape index (κ3) is 5.37. The number of carbonyl (C=O) groups excluding carboxylic acids is 1. The fraction of sp³-hybridized carbons (Fsp3) is 0.400. The molecule has 1 aromatic carbocycles. The molecule has 0 atom stereocenters. The molecule has 4 heteroatoms. The highest BCUT2D eigenvalue weighted by molar-refractivity contribution is 5.92. The minimum atomic E-state index is -0.112. The Morgan fingerprint density at radius 1 is 1.04 bits per heavy atom. The summed E-state index contributed by atoms with van der Waals surface area (Å²) < 4.78 is 0. The molecule has 1 aromatic heterocycles. The van der Waals surface area contributed by atoms with Crippen molar-refractivity contribution in [1.29, 1.82) is 0 Å². The number of nitrogens with zero attached hydrogens (tertiary/aromatic N) is 1. The van der Waals surface area contributed by atoms with Crippen molar-refractivity contribution in [2.24, 2.45) is 0 Å². The van der Waals surface area contributed by atoms with Gasteiger partial charge in [-0.25, -0.2) is 4.98 Å². The van der Waals surface area contributed by atoms with Crippen molar-refractivity contribution >= 4 is 17.3 Å². The maximum absolute atomic E-state index is 12.0. The molecule has 0 saturated carbocycles. The minimum absolute atomic E-state index is 0.112. The molecule has 4 nitrogen and oxygen atoms in total. The molecule has 0 aliphatic heterocycles. The summed E-state index contributed by atoms with van der Waals surface area (Å²) >= 11 is 0. The van der Waals surface area contributed by atoms with E-state index in [1.54, 1.807) is 12.3 Å². The van der Waals surface area contributed by atoms with Gasteiger partial charge in [0.15, 0.2) is 0 Å². The van der Waals surface area contributed by atoms with Gasteiger partial charge in [0.2, 0.25) is 0 Å². The van der Waals surface area contributed by atoms with E-state index in [1.165, 1.54) is 5.56 Å². The number of hydrogen-bond donors (Lipinski definition) is 2. The highest BCUT2D eigenvalue weighted by Gasteiger charge is 2.06. The average molecular weight is 325 g/mol. The number of benzene rings is 1. The number of anilines is 2. The maximum atomic E-state index is 12.0. The lowest BCUT2D eigenvalue weighted by Gasteiger charge is -2.10. The molecule has 0 fully saturated rings. The number of hydrogen-bond acceptors (Lipinski definition) is 3. The van der Waals surface area contributed by atoms with Gasteiger partial charge in [-0.05, 0) is 42.2 Å². The van der Waals surface area contributed by atoms with Gasteiger partial charge in [0.1, 0.15) is 5.69 Å². The fourth-order valence-corrected chi connectivity index (χ4v) is 2.39. The SMILES string of the molecule is CCCCCNC(=O)c1ccc(Nc2ccc(C(C)C)cc2)cn1. The first-order chi connectivity index (χ1) is 11.6. The molecule has 0 bridgehead atoms. The Kier molecular flexibility index (Phi) is 6.79. The third-order valence-corrected chi connectivity index (χ3v) is 3.93. The van der Waals surface area contributed by atoms with E-state index >= 15 is 0 Å². The summed E-state index contributed by atoms with van der Waals surface area (Å²) in [6.07, 6.45) is 4.98. The molecule has 2 aromatic rings. The van der Waals surface area contributed by atoms with Crippen LogP contribution in [0.4, 0.5) is 11.4 Å². The number of carbonyl (C=O) groups is 1. The van der Waals surface area contributed by atoms with Gasteiger partial charge in [0.05, 0.1) is 11.9 Å². The second-order valence-electron chi connectivity index (χ2n) is 6.30. The lowest BCUT2D eigenvalue weighted by atomic mass is 10.0. The Bertz CT molecular complexity index is 633. The number of amides is 1. The highest BCUT2D eigenvalue weighted by Crippen LogP contribution is 2.20. The first kappa shape index (κ1) is 18.0. The number of unbranched alkanes of at least 4 members (excludes halogenated alkanes) is 2. The molecule has 24 heavy (non-hydrogen) atoms. The van der Waals surface area contributed by atoms with Crippen molar-refractivity contribution in [2.45, 2.75) is 46.0 Å². The first-order valence-electron chi connectivity index (χ1n) is 8.71. The molecule has 0 spiro atoms. The van der Waals surface area contributed by atoms with Gasteiger partial charge in [-0.15, -0.1) is 0 Å². The summed E-state index contributed by atoms with van der Waals surface area (Å²) in [6.45, 7) is 7.21. The Hall–Kier alpha value is -2.36. The van der Waals surface area contributed by atoms with Crippen LogP contribution in [0, 0.1) is 0 Å². The minimum Gasteiger partial charge on any atom is -0.354 e. The van der Waals surface area contributed by atoms with Crippen molar-refractivity contribution in [1.82, 2.24) is 10.3 Å². The number of rotatable bonds is 8. The van der Waals surface area contributed by atoms with Gasteiger partial charge < -0.3 is 10.6 Å². The van der Waals surface area contributed by atoms with Crippen LogP contribution in [0.1, 0.15) is 62.0 Å². The van der Waals surface area contributed by atoms with Crippen LogP contribution in [-0.4, -0.2) is 17.4 Å². The van der Waals surface area contributed by atoms with Gasteiger partial charge in [-0.1, -0.05) is 45.7 Å². The Morgan fingerprint density at radius 2 is 1.75 bits per heavy atom. The van der Waals surface area contributed by atoms with Gasteiger partial charge in [-0.3, -0.25) is 4.79 Å². The van der Waals surface area contributed by atoms with E-state index in [1.807, 2.05) is 6.07 Å². The smallest absolute Gasteiger partial charge is 0.269 e. The number of nitrogens with one attached hydrogen (secondary N) is 2. The standard InChI is InChI=1S/C20H27N3O/c1-4-5-6-13-21-20(24)19-12-11-18(14-22-19)23-17-9-7-16(8-10-17)15(2)3/h7-12,14-15,23H,4-6,13H2,1-3H3,(H,21,24). The van der Waals surface area contributed by atoms with Crippen LogP contribution in [0.15, 0.2) is 42.6 Å². The van der Waals surface area contributed by atoms with Crippen LogP contribution in [0.2, 0.25) is 0 Å². The predicted molar refractivity (Wildman–Crippen MR) is 99.9 cm³/mol. The summed E-state index contributed by atoms with van der Waals surface area (Å²) in [5.41, 5.74) is 3.65. The topological polar surface area (TPSA) is 54.0 Å². The fourth-order valence-electron chi connectivity index (χ4n) is 2.39. The van der Waals surface area contributed by atoms with E-state index in [0.29, 0.717) is 18.2 Å². The second-order valence-corrected chi connectivity index (χ2v) is 6.30. The predicted octanol–water partition coefficient (Wildman–Crippen LogP) is 4.87. The van der Waals surface area contributed by atoms with E-state index in [4.69, 9.17) is 0 Å². The molecule has 0 saturated heterocycles. The van der Waals surface area contributed by atoms with Gasteiger partial charge in [-0.2, -0.15) is 0 Å². The Morgan fingerprint density at radius 3 is 2.33 bits per heavy atom. The molecule has 0 radical (unpaired) electrons. The molecule has 128 valence electrons. The Balaban J connectivity index is 1.90. The van der Waals surface area contributed by atoms with E-state index in [0.717, 1.165) is 30.6 Å². The second kappa shape index (κ2) is 9.06. The Labute approximate surface area is 144 Å². The molecule has 1 amide bonds. The molecule has 0 aliphatic rings. The summed E-state index contributed by atoms with van der Waals surface area (Å²) in [7, 11) is 0. The number of aromatic nitrogens is 1. The van der Waals surface area contributed by atoms with Crippen LogP contribution >= 0.6 is 0 Å². The molecule has 2 rings (SSSR count). The largest absolute Gasteiger partial charge is 0.354 e. The quantitative estimate of drug-likeness (QED) is 0.681. The molecular weight excluding hydrogens is 298 g/mol. The van der Waals surface area contributed by atoms with Crippen LogP contribution < -0.4 is 10.6 Å². The number of pyridine rings is 1. The first-order valence-corrected chi connectivity index (χ1v) is 8.71. The highest BCUT2D eigenvalue weighted by atomic mass is 16.1. The zero-order valence-electron chi connectivity index (χ0n) is 14.8. The van der Waals surface area contributed by atoms with Crippen LogP contribution in [-0.2, 0) is 0 Å².